The van der Waals surface area contributed by atoms with Gasteiger partial charge in [-0.3, -0.25) is 9.69 Å². The molecule has 47 heavy (non-hydrogen) atoms. The van der Waals surface area contributed by atoms with Crippen LogP contribution < -0.4 is 9.47 Å². The van der Waals surface area contributed by atoms with E-state index in [4.69, 9.17) is 4.74 Å². The molecule has 2 fully saturated rings. The summed E-state index contributed by atoms with van der Waals surface area (Å²) < 4.78 is 49.1. The molecule has 1 N–H and O–H groups in total. The van der Waals surface area contributed by atoms with Crippen LogP contribution in [0.25, 0.3) is 6.08 Å². The summed E-state index contributed by atoms with van der Waals surface area (Å²) in [6, 6.07) is 19.8. The monoisotopic (exact) mass is 647 g/mol. The Morgan fingerprint density at radius 3 is 2.62 bits per heavy atom. The van der Waals surface area contributed by atoms with Crippen molar-refractivity contribution in [2.24, 2.45) is 0 Å². The van der Waals surface area contributed by atoms with Gasteiger partial charge in [-0.2, -0.15) is 0 Å². The molecule has 2 heterocycles. The zero-order valence-corrected chi connectivity index (χ0v) is 26.8. The SMILES string of the molecule is CN(C(=O)C=Cc1cccc(OC(F)(F)F)c1)[C@@H]1CC[C@@]2(N(C)C)[C@H]3Cc4ccc(O)c5c4[C@@]2(CCN3CCc2ccccc2)[C@H]1O5. The number of rotatable bonds is 8. The van der Waals surface area contributed by atoms with Crippen LogP contribution in [-0.4, -0.2) is 90.0 Å². The van der Waals surface area contributed by atoms with Gasteiger partial charge < -0.3 is 24.4 Å². The van der Waals surface area contributed by atoms with Gasteiger partial charge in [0.25, 0.3) is 0 Å². The Kier molecular flexibility index (Phi) is 7.79. The third-order valence-corrected chi connectivity index (χ3v) is 11.2. The predicted molar refractivity (Wildman–Crippen MR) is 172 cm³/mol. The number of phenols is 1. The zero-order valence-electron chi connectivity index (χ0n) is 26.8. The minimum Gasteiger partial charge on any atom is -0.504 e. The molecule has 2 bridgehead atoms. The predicted octanol–water partition coefficient (Wildman–Crippen LogP) is 5.80. The second kappa shape index (κ2) is 11.6. The molecule has 2 aliphatic carbocycles. The standard InChI is InChI=1S/C37H40F3N3O4/c1-41(2)36-18-16-28(42(3)31(45)15-12-25-10-7-11-27(22-25)47-37(38,39)40)34-35(36)19-21-43(20-17-24-8-5-4-6-9-24)30(36)23-26-13-14-29(44)33(46-34)32(26)35/h4-15,22,28,30,34,44H,16-21,23H2,1-3H3/t28-,30-,34+,35+,36-/m1/s1. The van der Waals surface area contributed by atoms with Crippen molar-refractivity contribution in [1.29, 1.82) is 0 Å². The summed E-state index contributed by atoms with van der Waals surface area (Å²) in [5, 5.41) is 11.1. The van der Waals surface area contributed by atoms with Crippen molar-refractivity contribution >= 4 is 12.0 Å². The van der Waals surface area contributed by atoms with Crippen LogP contribution in [0.15, 0.2) is 72.8 Å². The van der Waals surface area contributed by atoms with Crippen molar-refractivity contribution < 1.29 is 32.5 Å². The highest BCUT2D eigenvalue weighted by Crippen LogP contribution is 2.67. The molecule has 7 nitrogen and oxygen atoms in total. The van der Waals surface area contributed by atoms with Gasteiger partial charge in [0.05, 0.1) is 11.5 Å². The molecule has 2 aliphatic heterocycles. The third kappa shape index (κ3) is 5.08. The van der Waals surface area contributed by atoms with E-state index in [0.717, 1.165) is 44.3 Å². The molecule has 5 atom stereocenters. The van der Waals surface area contributed by atoms with Crippen LogP contribution in [-0.2, 0) is 23.1 Å². The number of halogens is 3. The molecule has 248 valence electrons. The van der Waals surface area contributed by atoms with Crippen molar-refractivity contribution in [1.82, 2.24) is 14.7 Å². The van der Waals surface area contributed by atoms with Crippen LogP contribution in [0, 0.1) is 0 Å². The highest BCUT2D eigenvalue weighted by Gasteiger charge is 2.74. The molecule has 0 unspecified atom stereocenters. The molecule has 4 aliphatic rings. The number of ether oxygens (including phenoxy) is 2. The average Bonchev–Trinajstić information content (AvgIpc) is 3.39. The molecule has 3 aromatic rings. The summed E-state index contributed by atoms with van der Waals surface area (Å²) in [5.41, 5.74) is 3.29. The van der Waals surface area contributed by atoms with E-state index < -0.39 is 11.8 Å². The number of carbonyl (C=O) groups is 1. The zero-order chi connectivity index (χ0) is 33.1. The van der Waals surface area contributed by atoms with Gasteiger partial charge in [-0.25, -0.2) is 0 Å². The summed E-state index contributed by atoms with van der Waals surface area (Å²) in [4.78, 5) is 20.4. The fourth-order valence-electron chi connectivity index (χ4n) is 9.37. The van der Waals surface area contributed by atoms with E-state index in [-0.39, 0.29) is 41.1 Å². The smallest absolute Gasteiger partial charge is 0.504 e. The number of hydrogen-bond donors (Lipinski definition) is 1. The van der Waals surface area contributed by atoms with E-state index in [1.807, 2.05) is 12.1 Å². The average molecular weight is 648 g/mol. The first-order valence-corrected chi connectivity index (χ1v) is 16.2. The highest BCUT2D eigenvalue weighted by atomic mass is 19.4. The van der Waals surface area contributed by atoms with Gasteiger partial charge in [0.15, 0.2) is 11.5 Å². The normalized spacial score (nSPS) is 27.9. The molecule has 3 aromatic carbocycles. The van der Waals surface area contributed by atoms with E-state index in [1.54, 1.807) is 24.1 Å². The van der Waals surface area contributed by atoms with E-state index in [0.29, 0.717) is 17.7 Å². The van der Waals surface area contributed by atoms with Crippen molar-refractivity contribution in [2.45, 2.75) is 67.6 Å². The molecular weight excluding hydrogens is 607 g/mol. The van der Waals surface area contributed by atoms with Crippen molar-refractivity contribution in [3.05, 3.63) is 95.1 Å². The van der Waals surface area contributed by atoms with E-state index in [1.165, 1.54) is 41.5 Å². The Balaban J connectivity index is 1.21. The van der Waals surface area contributed by atoms with E-state index >= 15 is 0 Å². The van der Waals surface area contributed by atoms with Gasteiger partial charge in [0, 0.05) is 36.8 Å². The van der Waals surface area contributed by atoms with Gasteiger partial charge in [0.2, 0.25) is 5.91 Å². The first-order chi connectivity index (χ1) is 22.4. The summed E-state index contributed by atoms with van der Waals surface area (Å²) in [7, 11) is 6.09. The van der Waals surface area contributed by atoms with E-state index in [9.17, 15) is 23.1 Å². The lowest BCUT2D eigenvalue weighted by Crippen LogP contribution is -2.82. The minimum absolute atomic E-state index is 0.124. The molecule has 1 saturated heterocycles. The van der Waals surface area contributed by atoms with Crippen LogP contribution in [0.4, 0.5) is 13.2 Å². The molecule has 0 aromatic heterocycles. The highest BCUT2D eigenvalue weighted by molar-refractivity contribution is 5.92. The molecule has 1 saturated carbocycles. The van der Waals surface area contributed by atoms with Gasteiger partial charge in [-0.15, -0.1) is 13.2 Å². The largest absolute Gasteiger partial charge is 0.573 e. The van der Waals surface area contributed by atoms with Crippen LogP contribution in [0.5, 0.6) is 17.2 Å². The number of piperidine rings is 1. The summed E-state index contributed by atoms with van der Waals surface area (Å²) in [6.45, 7) is 1.82. The lowest BCUT2D eigenvalue weighted by atomic mass is 9.46. The number of nitrogens with zero attached hydrogens (tertiary/aromatic N) is 3. The van der Waals surface area contributed by atoms with Crippen LogP contribution >= 0.6 is 0 Å². The molecule has 1 amide bonds. The lowest BCUT2D eigenvalue weighted by Gasteiger charge is -2.69. The molecule has 10 heteroatoms. The number of likely N-dealkylation sites (tertiary alicyclic amines) is 1. The first-order valence-electron chi connectivity index (χ1n) is 16.2. The second-order valence-corrected chi connectivity index (χ2v) is 13.5. The number of alkyl halides is 3. The first kappa shape index (κ1) is 31.6. The minimum atomic E-state index is -4.80. The lowest BCUT2D eigenvalue weighted by molar-refractivity contribution is -0.274. The molecule has 7 rings (SSSR count). The van der Waals surface area contributed by atoms with Gasteiger partial charge in [-0.05, 0) is 93.7 Å². The number of phenolic OH excluding ortho intramolecular Hbond substituents is 1. The van der Waals surface area contributed by atoms with E-state index in [2.05, 4.69) is 52.9 Å². The van der Waals surface area contributed by atoms with Crippen LogP contribution in [0.2, 0.25) is 0 Å². The van der Waals surface area contributed by atoms with Crippen molar-refractivity contribution in [3.8, 4) is 17.2 Å². The topological polar surface area (TPSA) is 65.5 Å². The van der Waals surface area contributed by atoms with Gasteiger partial charge in [0.1, 0.15) is 11.9 Å². The molecular formula is C37H40F3N3O4. The summed E-state index contributed by atoms with van der Waals surface area (Å²) in [5.74, 6) is 0.0440. The Hall–Kier alpha value is -4.02. The molecule has 0 radical (unpaired) electrons. The summed E-state index contributed by atoms with van der Waals surface area (Å²) >= 11 is 0. The Bertz CT molecular complexity index is 1700. The Morgan fingerprint density at radius 2 is 1.87 bits per heavy atom. The quantitative estimate of drug-likeness (QED) is 0.312. The van der Waals surface area contributed by atoms with Gasteiger partial charge in [-0.1, -0.05) is 48.5 Å². The number of amides is 1. The number of aromatic hydroxyl groups is 1. The molecule has 1 spiro atoms. The third-order valence-electron chi connectivity index (χ3n) is 11.2. The fraction of sp³-hybridized carbons (Fsp3) is 0.432. The second-order valence-electron chi connectivity index (χ2n) is 13.5. The number of likely N-dealkylation sites (N-methyl/N-ethyl adjacent to an activating group) is 2. The maximum atomic E-state index is 13.7. The van der Waals surface area contributed by atoms with Crippen LogP contribution in [0.3, 0.4) is 0 Å². The van der Waals surface area contributed by atoms with Gasteiger partial charge >= 0.3 is 6.36 Å². The van der Waals surface area contributed by atoms with Crippen molar-refractivity contribution in [2.75, 3.05) is 34.2 Å². The maximum absolute atomic E-state index is 13.7. The Labute approximate surface area is 273 Å². The maximum Gasteiger partial charge on any atom is 0.573 e. The number of hydrogen-bond acceptors (Lipinski definition) is 6. The van der Waals surface area contributed by atoms with Crippen molar-refractivity contribution in [3.63, 3.8) is 0 Å². The fourth-order valence-corrected chi connectivity index (χ4v) is 9.37. The Morgan fingerprint density at radius 1 is 1.09 bits per heavy atom. The number of carbonyl (C=O) groups excluding carboxylic acids is 1. The van der Waals surface area contributed by atoms with Crippen LogP contribution in [0.1, 0.15) is 41.5 Å². The number of benzene rings is 3. The summed E-state index contributed by atoms with van der Waals surface area (Å²) in [6.07, 6.45) is 1.88.